The van der Waals surface area contributed by atoms with Gasteiger partial charge in [-0.1, -0.05) is 116 Å². The molecule has 3 aromatic rings. The van der Waals surface area contributed by atoms with Gasteiger partial charge in [-0.2, -0.15) is 0 Å². The number of allylic oxidation sites excluding steroid dienone is 13. The summed E-state index contributed by atoms with van der Waals surface area (Å²) in [7, 11) is 0. The van der Waals surface area contributed by atoms with E-state index < -0.39 is 0 Å². The molecule has 3 nitrogen and oxygen atoms in total. The fourth-order valence-corrected chi connectivity index (χ4v) is 4.33. The summed E-state index contributed by atoms with van der Waals surface area (Å²) in [4.78, 5) is 8.48. The van der Waals surface area contributed by atoms with Gasteiger partial charge < -0.3 is 5.41 Å². The summed E-state index contributed by atoms with van der Waals surface area (Å²) in [5.74, 6) is 0. The van der Waals surface area contributed by atoms with E-state index in [1.54, 1.807) is 12.3 Å². The molecule has 39 heavy (non-hydrogen) atoms. The monoisotopic (exact) mass is 505 g/mol. The van der Waals surface area contributed by atoms with Crippen LogP contribution >= 0.6 is 0 Å². The van der Waals surface area contributed by atoms with Crippen molar-refractivity contribution >= 4 is 29.8 Å². The van der Waals surface area contributed by atoms with E-state index in [2.05, 4.69) is 53.6 Å². The molecule has 0 unspecified atom stereocenters. The van der Waals surface area contributed by atoms with E-state index in [1.807, 2.05) is 104 Å². The van der Waals surface area contributed by atoms with Gasteiger partial charge in [0.05, 0.1) is 11.4 Å². The topological polar surface area (TPSA) is 49.1 Å². The van der Waals surface area contributed by atoms with Crippen molar-refractivity contribution in [2.24, 2.45) is 4.99 Å². The predicted molar refractivity (Wildman–Crippen MR) is 169 cm³/mol. The molecule has 0 aliphatic heterocycles. The standard InChI is InChI=1S/C36H31N3/c1-4-13-27-14-6-7-16-29(18-10-17-28-15-8-9-22-34(28)33(27)5-2)35(37)25-36(38-3)31-20-11-19-30(24-31)32-21-12-23-39-26-32/h4-26,37H,2-3H2,1H3/b7-6?,13-4-,14-6+,16-7-,17-10+,18-10?,27-14?,28-17?,29-16?,29-18+,33-27-,34-33?,36-25-,37-35?. The molecule has 0 atom stereocenters. The molecule has 0 amide bonds. The fourth-order valence-electron chi connectivity index (χ4n) is 4.33. The van der Waals surface area contributed by atoms with Gasteiger partial charge in [0.25, 0.3) is 0 Å². The molecule has 0 saturated carbocycles. The number of rotatable bonds is 7. The highest BCUT2D eigenvalue weighted by Crippen LogP contribution is 2.27. The van der Waals surface area contributed by atoms with Crippen LogP contribution in [-0.4, -0.2) is 17.4 Å². The summed E-state index contributed by atoms with van der Waals surface area (Å²) >= 11 is 0. The average molecular weight is 506 g/mol. The van der Waals surface area contributed by atoms with Gasteiger partial charge >= 0.3 is 0 Å². The second kappa shape index (κ2) is 13.4. The zero-order valence-electron chi connectivity index (χ0n) is 22.1. The molecular weight excluding hydrogens is 474 g/mol. The number of benzene rings is 2. The number of nitrogens with zero attached hydrogens (tertiary/aromatic N) is 2. The largest absolute Gasteiger partial charge is 0.300 e. The highest BCUT2D eigenvalue weighted by molar-refractivity contribution is 6.12. The highest BCUT2D eigenvalue weighted by Gasteiger charge is 2.08. The molecule has 1 aliphatic carbocycles. The molecule has 1 aromatic heterocycles. The summed E-state index contributed by atoms with van der Waals surface area (Å²) in [5.41, 5.74) is 8.95. The highest BCUT2D eigenvalue weighted by atomic mass is 14.7. The molecule has 0 radical (unpaired) electrons. The van der Waals surface area contributed by atoms with Crippen LogP contribution in [0.1, 0.15) is 23.6 Å². The molecule has 190 valence electrons. The number of fused-ring (bicyclic) bond motifs is 1. The lowest BCUT2D eigenvalue weighted by atomic mass is 9.94. The molecule has 4 rings (SSSR count). The third-order valence-corrected chi connectivity index (χ3v) is 6.24. The van der Waals surface area contributed by atoms with E-state index >= 15 is 0 Å². The first-order valence-electron chi connectivity index (χ1n) is 12.7. The fraction of sp³-hybridized carbons (Fsp3) is 0.0278. The normalized spacial score (nSPS) is 19.5. The Bertz CT molecular complexity index is 1590. The van der Waals surface area contributed by atoms with Crippen LogP contribution < -0.4 is 0 Å². The van der Waals surface area contributed by atoms with Gasteiger partial charge in [0.15, 0.2) is 0 Å². The van der Waals surface area contributed by atoms with Crippen LogP contribution in [0.15, 0.2) is 157 Å². The Morgan fingerprint density at radius 2 is 1.74 bits per heavy atom. The smallest absolute Gasteiger partial charge is 0.0716 e. The van der Waals surface area contributed by atoms with Crippen molar-refractivity contribution in [1.82, 2.24) is 4.98 Å². The summed E-state index contributed by atoms with van der Waals surface area (Å²) in [6, 6.07) is 20.2. The predicted octanol–water partition coefficient (Wildman–Crippen LogP) is 9.09. The lowest BCUT2D eigenvalue weighted by Gasteiger charge is -2.11. The zero-order chi connectivity index (χ0) is 27.5. The van der Waals surface area contributed by atoms with E-state index in [1.165, 1.54) is 0 Å². The summed E-state index contributed by atoms with van der Waals surface area (Å²) in [6.45, 7) is 9.85. The van der Waals surface area contributed by atoms with Gasteiger partial charge in [-0.15, -0.1) is 0 Å². The molecule has 1 N–H and O–H groups in total. The summed E-state index contributed by atoms with van der Waals surface area (Å²) in [6.07, 6.45) is 25.3. The summed E-state index contributed by atoms with van der Waals surface area (Å²) in [5, 5.41) is 8.90. The first-order chi connectivity index (χ1) is 19.1. The molecule has 0 fully saturated rings. The third-order valence-electron chi connectivity index (χ3n) is 6.24. The maximum atomic E-state index is 8.90. The van der Waals surface area contributed by atoms with Crippen molar-refractivity contribution in [2.45, 2.75) is 6.92 Å². The third kappa shape index (κ3) is 6.79. The van der Waals surface area contributed by atoms with Gasteiger partial charge in [0.1, 0.15) is 0 Å². The van der Waals surface area contributed by atoms with Crippen LogP contribution in [-0.2, 0) is 0 Å². The molecule has 2 aromatic carbocycles. The Morgan fingerprint density at radius 1 is 0.923 bits per heavy atom. The Kier molecular flexibility index (Phi) is 9.25. The van der Waals surface area contributed by atoms with E-state index in [0.29, 0.717) is 11.4 Å². The molecule has 1 aliphatic rings. The number of hydrogen-bond donors (Lipinski definition) is 1. The lowest BCUT2D eigenvalue weighted by Crippen LogP contribution is -1.97. The minimum Gasteiger partial charge on any atom is -0.300 e. The van der Waals surface area contributed by atoms with Gasteiger partial charge in [-0.25, -0.2) is 0 Å². The first kappa shape index (κ1) is 26.9. The van der Waals surface area contributed by atoms with Crippen LogP contribution in [0.25, 0.3) is 28.5 Å². The van der Waals surface area contributed by atoms with Crippen LogP contribution in [0.3, 0.4) is 0 Å². The molecule has 0 spiro atoms. The molecule has 1 heterocycles. The summed E-state index contributed by atoms with van der Waals surface area (Å²) < 4.78 is 0. The van der Waals surface area contributed by atoms with Crippen molar-refractivity contribution in [3.63, 3.8) is 0 Å². The SMILES string of the molecule is C=C/C1=C(\C=C/C)/C=C/C=C\C(C(=N)/C=C(\N=C)c2cccc(-c3cccnc3)c2)=C/C=C/c2ccccc21. The number of aliphatic imine (C=N–C) groups is 1. The maximum Gasteiger partial charge on any atom is 0.0716 e. The Labute approximate surface area is 231 Å². The van der Waals surface area contributed by atoms with Crippen LogP contribution in [0.4, 0.5) is 0 Å². The number of nitrogens with one attached hydrogen (secondary N) is 1. The number of hydrogen-bond acceptors (Lipinski definition) is 3. The van der Waals surface area contributed by atoms with Gasteiger partial charge in [-0.3, -0.25) is 9.98 Å². The van der Waals surface area contributed by atoms with Crippen LogP contribution in [0.2, 0.25) is 0 Å². The number of pyridine rings is 1. The van der Waals surface area contributed by atoms with Crippen molar-refractivity contribution in [1.29, 1.82) is 5.41 Å². The van der Waals surface area contributed by atoms with Crippen molar-refractivity contribution < 1.29 is 0 Å². The minimum absolute atomic E-state index is 0.333. The second-order valence-electron chi connectivity index (χ2n) is 8.78. The van der Waals surface area contributed by atoms with E-state index in [4.69, 9.17) is 5.41 Å². The maximum absolute atomic E-state index is 8.90. The van der Waals surface area contributed by atoms with Crippen LogP contribution in [0.5, 0.6) is 0 Å². The first-order valence-corrected chi connectivity index (χ1v) is 12.7. The van der Waals surface area contributed by atoms with Crippen LogP contribution in [0, 0.1) is 5.41 Å². The average Bonchev–Trinajstić information content (AvgIpc) is 2.97. The minimum atomic E-state index is 0.333. The van der Waals surface area contributed by atoms with Crippen molar-refractivity contribution in [3.8, 4) is 11.1 Å². The molecule has 0 saturated heterocycles. The Balaban J connectivity index is 1.72. The van der Waals surface area contributed by atoms with Gasteiger partial charge in [0.2, 0.25) is 0 Å². The second-order valence-corrected chi connectivity index (χ2v) is 8.78. The molecule has 0 bridgehead atoms. The van der Waals surface area contributed by atoms with E-state index in [0.717, 1.165) is 44.5 Å². The lowest BCUT2D eigenvalue weighted by molar-refractivity contribution is 1.33. The van der Waals surface area contributed by atoms with E-state index in [9.17, 15) is 0 Å². The Morgan fingerprint density at radius 3 is 2.51 bits per heavy atom. The number of aromatic nitrogens is 1. The molecule has 3 heteroatoms. The van der Waals surface area contributed by atoms with Gasteiger partial charge in [0, 0.05) is 23.5 Å². The zero-order valence-corrected chi connectivity index (χ0v) is 22.1. The van der Waals surface area contributed by atoms with Crippen molar-refractivity contribution in [2.75, 3.05) is 0 Å². The quantitative estimate of drug-likeness (QED) is 0.320. The van der Waals surface area contributed by atoms with Crippen molar-refractivity contribution in [3.05, 3.63) is 168 Å². The molecular formula is C36H31N3. The van der Waals surface area contributed by atoms with Gasteiger partial charge in [-0.05, 0) is 65.3 Å². The Hall–Kier alpha value is -5.15. The van der Waals surface area contributed by atoms with E-state index in [-0.39, 0.29) is 0 Å².